The lowest BCUT2D eigenvalue weighted by Gasteiger charge is -2.12. The van der Waals surface area contributed by atoms with Crippen molar-refractivity contribution < 1.29 is 27.8 Å². The van der Waals surface area contributed by atoms with Gasteiger partial charge in [-0.1, -0.05) is 0 Å². The molecule has 2 heterocycles. The van der Waals surface area contributed by atoms with Crippen molar-refractivity contribution in [1.29, 1.82) is 0 Å². The van der Waals surface area contributed by atoms with E-state index >= 15 is 0 Å². The van der Waals surface area contributed by atoms with E-state index in [1.165, 1.54) is 30.3 Å². The summed E-state index contributed by atoms with van der Waals surface area (Å²) in [5.74, 6) is -0.612. The highest BCUT2D eigenvalue weighted by molar-refractivity contribution is 5.87. The monoisotopic (exact) mass is 386 g/mol. The number of aromatic carboxylic acids is 1. The van der Waals surface area contributed by atoms with Gasteiger partial charge in [0.2, 0.25) is 0 Å². The maximum absolute atomic E-state index is 13.0. The minimum absolute atomic E-state index is 0.0200. The molecule has 0 unspecified atom stereocenters. The van der Waals surface area contributed by atoms with Gasteiger partial charge in [0.05, 0.1) is 27.7 Å². The summed E-state index contributed by atoms with van der Waals surface area (Å²) in [6.45, 7) is 0.0200. The molecule has 0 atom stereocenters. The van der Waals surface area contributed by atoms with E-state index in [4.69, 9.17) is 9.84 Å². The van der Waals surface area contributed by atoms with Gasteiger partial charge in [0.15, 0.2) is 0 Å². The maximum atomic E-state index is 13.0. The highest BCUT2D eigenvalue weighted by atomic mass is 19.4. The number of nitrogens with zero attached hydrogens (tertiary/aromatic N) is 2. The molecule has 0 bridgehead atoms. The van der Waals surface area contributed by atoms with Gasteiger partial charge in [-0.3, -0.25) is 0 Å². The average Bonchev–Trinajstić information content (AvgIpc) is 3.15. The molecule has 5 nitrogen and oxygen atoms in total. The topological polar surface area (TPSA) is 63.8 Å². The molecule has 1 N–H and O–H groups in total. The van der Waals surface area contributed by atoms with Crippen LogP contribution in [0.25, 0.3) is 16.6 Å². The third-order valence-corrected chi connectivity index (χ3v) is 4.34. The molecule has 0 amide bonds. The molecule has 0 fully saturated rings. The van der Waals surface area contributed by atoms with E-state index < -0.39 is 17.7 Å². The highest BCUT2D eigenvalue weighted by Crippen LogP contribution is 2.31. The Kier molecular flexibility index (Phi) is 4.18. The van der Waals surface area contributed by atoms with Crippen LogP contribution in [0.15, 0.2) is 60.8 Å². The number of fused-ring (bicyclic) bond motifs is 3. The van der Waals surface area contributed by atoms with Crippen LogP contribution in [0.1, 0.15) is 21.6 Å². The second-order valence-electron chi connectivity index (χ2n) is 6.14. The van der Waals surface area contributed by atoms with Crippen molar-refractivity contribution in [2.24, 2.45) is 0 Å². The normalized spacial score (nSPS) is 11.8. The number of rotatable bonds is 4. The van der Waals surface area contributed by atoms with Crippen LogP contribution in [0.5, 0.6) is 5.75 Å². The molecule has 0 aliphatic rings. The Labute approximate surface area is 156 Å². The lowest BCUT2D eigenvalue weighted by atomic mass is 10.1. The molecule has 2 aromatic carbocycles. The number of hydrogen-bond acceptors (Lipinski definition) is 3. The summed E-state index contributed by atoms with van der Waals surface area (Å²) in [6, 6.07) is 12.9. The summed E-state index contributed by atoms with van der Waals surface area (Å²) in [6.07, 6.45) is -2.71. The van der Waals surface area contributed by atoms with Crippen molar-refractivity contribution in [1.82, 2.24) is 9.38 Å². The maximum Gasteiger partial charge on any atom is 0.416 e. The molecule has 0 radical (unpaired) electrons. The summed E-state index contributed by atoms with van der Waals surface area (Å²) in [5.41, 5.74) is 1.31. The SMILES string of the molecule is O=C(O)c1ccc(OCc2nc3cc(C(F)(F)F)ccc3n3cccc23)cc1. The fourth-order valence-corrected chi connectivity index (χ4v) is 2.97. The third kappa shape index (κ3) is 3.24. The Hall–Kier alpha value is -3.55. The predicted octanol–water partition coefficient (Wildman–Crippen LogP) is 4.78. The van der Waals surface area contributed by atoms with Gasteiger partial charge in [0.25, 0.3) is 0 Å². The first-order valence-corrected chi connectivity index (χ1v) is 8.26. The van der Waals surface area contributed by atoms with Crippen LogP contribution in [0.3, 0.4) is 0 Å². The Morgan fingerprint density at radius 2 is 1.82 bits per heavy atom. The largest absolute Gasteiger partial charge is 0.487 e. The summed E-state index contributed by atoms with van der Waals surface area (Å²) in [5, 5.41) is 8.92. The molecule has 0 saturated heterocycles. The van der Waals surface area contributed by atoms with Crippen LogP contribution in [0, 0.1) is 0 Å². The fraction of sp³-hybridized carbons (Fsp3) is 0.100. The molecular weight excluding hydrogens is 373 g/mol. The molecule has 4 aromatic rings. The van der Waals surface area contributed by atoms with Gasteiger partial charge in [-0.2, -0.15) is 13.2 Å². The van der Waals surface area contributed by atoms with Crippen molar-refractivity contribution in [3.8, 4) is 5.75 Å². The van der Waals surface area contributed by atoms with Crippen molar-refractivity contribution in [3.05, 3.63) is 77.6 Å². The standard InChI is InChI=1S/C20H13F3N2O3/c21-20(22,23)13-5-8-18-15(10-13)24-16(17-2-1-9-25(17)18)11-28-14-6-3-12(4-7-14)19(26)27/h1-10H,11H2,(H,26,27). The first-order chi connectivity index (χ1) is 13.3. The number of hydrogen-bond donors (Lipinski definition) is 1. The first kappa shape index (κ1) is 17.8. The van der Waals surface area contributed by atoms with Crippen LogP contribution in [-0.4, -0.2) is 20.5 Å². The molecule has 0 aliphatic carbocycles. The highest BCUT2D eigenvalue weighted by Gasteiger charge is 2.30. The number of ether oxygens (including phenoxy) is 1. The van der Waals surface area contributed by atoms with Crippen molar-refractivity contribution >= 4 is 22.5 Å². The minimum atomic E-state index is -4.45. The first-order valence-electron chi connectivity index (χ1n) is 8.26. The zero-order valence-electron chi connectivity index (χ0n) is 14.3. The summed E-state index contributed by atoms with van der Waals surface area (Å²) < 4.78 is 46.5. The molecule has 0 aliphatic heterocycles. The zero-order valence-corrected chi connectivity index (χ0v) is 14.3. The third-order valence-electron chi connectivity index (χ3n) is 4.34. The van der Waals surface area contributed by atoms with E-state index in [1.54, 1.807) is 22.7 Å². The molecule has 28 heavy (non-hydrogen) atoms. The van der Waals surface area contributed by atoms with Crippen LogP contribution >= 0.6 is 0 Å². The molecule has 142 valence electrons. The number of carboxylic acids is 1. The number of halogens is 3. The van der Waals surface area contributed by atoms with E-state index in [0.717, 1.165) is 17.6 Å². The Morgan fingerprint density at radius 3 is 2.50 bits per heavy atom. The van der Waals surface area contributed by atoms with Gasteiger partial charge in [-0.15, -0.1) is 0 Å². The second kappa shape index (κ2) is 6.56. The van der Waals surface area contributed by atoms with Gasteiger partial charge < -0.3 is 14.2 Å². The molecule has 0 saturated carbocycles. The Morgan fingerprint density at radius 1 is 1.07 bits per heavy atom. The van der Waals surface area contributed by atoms with E-state index in [-0.39, 0.29) is 17.7 Å². The smallest absolute Gasteiger partial charge is 0.416 e. The van der Waals surface area contributed by atoms with E-state index in [2.05, 4.69) is 4.98 Å². The number of carbonyl (C=O) groups is 1. The van der Waals surface area contributed by atoms with Crippen LogP contribution in [0.2, 0.25) is 0 Å². The van der Waals surface area contributed by atoms with Crippen molar-refractivity contribution in [2.75, 3.05) is 0 Å². The quantitative estimate of drug-likeness (QED) is 0.548. The zero-order chi connectivity index (χ0) is 19.9. The van der Waals surface area contributed by atoms with Crippen LogP contribution in [0.4, 0.5) is 13.2 Å². The molecule has 0 spiro atoms. The van der Waals surface area contributed by atoms with Gasteiger partial charge in [0, 0.05) is 6.20 Å². The summed E-state index contributed by atoms with van der Waals surface area (Å²) in [7, 11) is 0. The fourth-order valence-electron chi connectivity index (χ4n) is 2.97. The van der Waals surface area contributed by atoms with Crippen molar-refractivity contribution in [2.45, 2.75) is 12.8 Å². The number of aromatic nitrogens is 2. The second-order valence-corrected chi connectivity index (χ2v) is 6.14. The molecule has 4 rings (SSSR count). The van der Waals surface area contributed by atoms with Crippen molar-refractivity contribution in [3.63, 3.8) is 0 Å². The molecule has 2 aromatic heterocycles. The lowest BCUT2D eigenvalue weighted by molar-refractivity contribution is -0.137. The molecular formula is C20H13F3N2O3. The minimum Gasteiger partial charge on any atom is -0.487 e. The number of alkyl halides is 3. The van der Waals surface area contributed by atoms with Crippen LogP contribution < -0.4 is 4.74 Å². The van der Waals surface area contributed by atoms with Gasteiger partial charge in [-0.25, -0.2) is 9.78 Å². The Balaban J connectivity index is 1.70. The average molecular weight is 386 g/mol. The molecule has 8 heteroatoms. The lowest BCUT2D eigenvalue weighted by Crippen LogP contribution is -2.07. The predicted molar refractivity (Wildman–Crippen MR) is 95.4 cm³/mol. The Bertz CT molecular complexity index is 1180. The van der Waals surface area contributed by atoms with E-state index in [0.29, 0.717) is 17.0 Å². The van der Waals surface area contributed by atoms with Gasteiger partial charge in [0.1, 0.15) is 18.1 Å². The summed E-state index contributed by atoms with van der Waals surface area (Å²) in [4.78, 5) is 15.3. The number of carboxylic acid groups (broad SMARTS) is 1. The van der Waals surface area contributed by atoms with E-state index in [1.807, 2.05) is 0 Å². The summed E-state index contributed by atoms with van der Waals surface area (Å²) >= 11 is 0. The van der Waals surface area contributed by atoms with Crippen LogP contribution in [-0.2, 0) is 12.8 Å². The van der Waals surface area contributed by atoms with Gasteiger partial charge >= 0.3 is 12.1 Å². The van der Waals surface area contributed by atoms with E-state index in [9.17, 15) is 18.0 Å². The number of benzene rings is 2. The van der Waals surface area contributed by atoms with Gasteiger partial charge in [-0.05, 0) is 54.6 Å².